The van der Waals surface area contributed by atoms with Crippen LogP contribution in [0.25, 0.3) is 0 Å². The van der Waals surface area contributed by atoms with Gasteiger partial charge in [-0.2, -0.15) is 0 Å². The van der Waals surface area contributed by atoms with Crippen LogP contribution in [0.15, 0.2) is 18.2 Å². The number of hydrogen-bond acceptors (Lipinski definition) is 2. The number of nitrogens with zero attached hydrogens (tertiary/aromatic N) is 1. The van der Waals surface area contributed by atoms with Gasteiger partial charge in [0.1, 0.15) is 5.75 Å². The van der Waals surface area contributed by atoms with E-state index in [9.17, 15) is 4.79 Å². The molecule has 0 saturated heterocycles. The number of benzene rings is 1. The van der Waals surface area contributed by atoms with E-state index in [0.29, 0.717) is 0 Å². The molecule has 0 aromatic heterocycles. The molecule has 0 aliphatic heterocycles. The first kappa shape index (κ1) is 12.6. The molecule has 0 N–H and O–H groups in total. The van der Waals surface area contributed by atoms with Gasteiger partial charge in [-0.3, -0.25) is 4.79 Å². The highest BCUT2D eigenvalue weighted by molar-refractivity contribution is 5.80. The molecule has 0 fully saturated rings. The monoisotopic (exact) mass is 221 g/mol. The standard InChI is InChI=1S/C13H19NO2/c1-9-6-10(2)8-12(7-9)16-11(3)13(15)14(4)5/h6-8,11H,1-5H3. The molecule has 0 aliphatic carbocycles. The molecule has 0 spiro atoms. The number of carbonyl (C=O) groups excluding carboxylic acids is 1. The predicted octanol–water partition coefficient (Wildman–Crippen LogP) is 2.16. The van der Waals surface area contributed by atoms with Crippen molar-refractivity contribution >= 4 is 5.91 Å². The van der Waals surface area contributed by atoms with Crippen LogP contribution in [-0.4, -0.2) is 31.0 Å². The van der Waals surface area contributed by atoms with Crippen LogP contribution in [0, 0.1) is 13.8 Å². The summed E-state index contributed by atoms with van der Waals surface area (Å²) in [6, 6.07) is 5.95. The van der Waals surface area contributed by atoms with Gasteiger partial charge < -0.3 is 9.64 Å². The fraction of sp³-hybridized carbons (Fsp3) is 0.462. The molecule has 0 radical (unpaired) electrons. The fourth-order valence-electron chi connectivity index (χ4n) is 1.62. The zero-order valence-corrected chi connectivity index (χ0v) is 10.6. The van der Waals surface area contributed by atoms with Gasteiger partial charge in [-0.25, -0.2) is 0 Å². The second-order valence-electron chi connectivity index (χ2n) is 4.32. The molecule has 1 aromatic rings. The van der Waals surface area contributed by atoms with Gasteiger partial charge in [-0.15, -0.1) is 0 Å². The summed E-state index contributed by atoms with van der Waals surface area (Å²) in [6.45, 7) is 5.79. The summed E-state index contributed by atoms with van der Waals surface area (Å²) in [5.74, 6) is 0.722. The second-order valence-corrected chi connectivity index (χ2v) is 4.32. The van der Waals surface area contributed by atoms with Gasteiger partial charge >= 0.3 is 0 Å². The third-order valence-electron chi connectivity index (χ3n) is 2.30. The predicted molar refractivity (Wildman–Crippen MR) is 64.7 cm³/mol. The fourth-order valence-corrected chi connectivity index (χ4v) is 1.62. The summed E-state index contributed by atoms with van der Waals surface area (Å²) in [6.07, 6.45) is -0.448. The SMILES string of the molecule is Cc1cc(C)cc(OC(C)C(=O)N(C)C)c1. The summed E-state index contributed by atoms with van der Waals surface area (Å²) in [7, 11) is 3.45. The van der Waals surface area contributed by atoms with Gasteiger partial charge in [0.05, 0.1) is 0 Å². The van der Waals surface area contributed by atoms with Crippen LogP contribution in [0.1, 0.15) is 18.1 Å². The van der Waals surface area contributed by atoms with Crippen LogP contribution in [0.2, 0.25) is 0 Å². The van der Waals surface area contributed by atoms with Crippen molar-refractivity contribution in [3.63, 3.8) is 0 Å². The Morgan fingerprint density at radius 1 is 1.19 bits per heavy atom. The minimum absolute atomic E-state index is 0.0286. The molecular weight excluding hydrogens is 202 g/mol. The number of amides is 1. The van der Waals surface area contributed by atoms with Crippen molar-refractivity contribution in [1.82, 2.24) is 4.90 Å². The highest BCUT2D eigenvalue weighted by atomic mass is 16.5. The van der Waals surface area contributed by atoms with Crippen molar-refractivity contribution in [3.8, 4) is 5.75 Å². The van der Waals surface area contributed by atoms with Crippen LogP contribution in [0.3, 0.4) is 0 Å². The molecule has 0 heterocycles. The van der Waals surface area contributed by atoms with E-state index in [2.05, 4.69) is 6.07 Å². The third kappa shape index (κ3) is 3.26. The Morgan fingerprint density at radius 3 is 2.12 bits per heavy atom. The summed E-state index contributed by atoms with van der Waals surface area (Å²) in [5.41, 5.74) is 2.28. The molecule has 88 valence electrons. The summed E-state index contributed by atoms with van der Waals surface area (Å²) in [5, 5.41) is 0. The topological polar surface area (TPSA) is 29.5 Å². The molecule has 3 nitrogen and oxygen atoms in total. The Bertz CT molecular complexity index is 365. The first-order valence-electron chi connectivity index (χ1n) is 5.36. The van der Waals surface area contributed by atoms with Crippen molar-refractivity contribution in [2.24, 2.45) is 0 Å². The van der Waals surface area contributed by atoms with E-state index in [1.165, 1.54) is 4.90 Å². The quantitative estimate of drug-likeness (QED) is 0.782. The average molecular weight is 221 g/mol. The van der Waals surface area contributed by atoms with E-state index >= 15 is 0 Å². The number of likely N-dealkylation sites (N-methyl/N-ethyl adjacent to an activating group) is 1. The van der Waals surface area contributed by atoms with Crippen molar-refractivity contribution < 1.29 is 9.53 Å². The van der Waals surface area contributed by atoms with Gasteiger partial charge in [0.25, 0.3) is 5.91 Å². The molecule has 1 aromatic carbocycles. The first-order valence-corrected chi connectivity index (χ1v) is 5.36. The van der Waals surface area contributed by atoms with Crippen LogP contribution in [0.4, 0.5) is 0 Å². The number of carbonyl (C=O) groups is 1. The van der Waals surface area contributed by atoms with Gasteiger partial charge in [0.2, 0.25) is 0 Å². The molecule has 0 bridgehead atoms. The molecule has 0 aliphatic rings. The first-order chi connectivity index (χ1) is 7.40. The van der Waals surface area contributed by atoms with Crippen molar-refractivity contribution in [1.29, 1.82) is 0 Å². The smallest absolute Gasteiger partial charge is 0.262 e. The molecule has 1 rings (SSSR count). The normalized spacial score (nSPS) is 12.1. The maximum absolute atomic E-state index is 11.6. The number of aryl methyl sites for hydroxylation is 2. The largest absolute Gasteiger partial charge is 0.481 e. The Labute approximate surface area is 97.0 Å². The van der Waals surface area contributed by atoms with Crippen LogP contribution in [-0.2, 0) is 4.79 Å². The van der Waals surface area contributed by atoms with Crippen molar-refractivity contribution in [2.75, 3.05) is 14.1 Å². The number of rotatable bonds is 3. The summed E-state index contributed by atoms with van der Waals surface area (Å²) < 4.78 is 5.61. The highest BCUT2D eigenvalue weighted by Gasteiger charge is 2.16. The molecule has 1 amide bonds. The van der Waals surface area contributed by atoms with Gasteiger partial charge in [-0.1, -0.05) is 6.07 Å². The lowest BCUT2D eigenvalue weighted by molar-refractivity contribution is -0.135. The van der Waals surface area contributed by atoms with Gasteiger partial charge in [0.15, 0.2) is 6.10 Å². The molecule has 0 saturated carbocycles. The Kier molecular flexibility index (Phi) is 3.93. The van der Waals surface area contributed by atoms with Crippen LogP contribution >= 0.6 is 0 Å². The lowest BCUT2D eigenvalue weighted by Gasteiger charge is -2.18. The van der Waals surface area contributed by atoms with E-state index in [1.54, 1.807) is 21.0 Å². The average Bonchev–Trinajstić information content (AvgIpc) is 2.14. The van der Waals surface area contributed by atoms with Gasteiger partial charge in [-0.05, 0) is 44.0 Å². The molecule has 16 heavy (non-hydrogen) atoms. The maximum atomic E-state index is 11.6. The van der Waals surface area contributed by atoms with Gasteiger partial charge in [0, 0.05) is 14.1 Å². The maximum Gasteiger partial charge on any atom is 0.262 e. The van der Waals surface area contributed by atoms with E-state index in [1.807, 2.05) is 26.0 Å². The van der Waals surface area contributed by atoms with Crippen LogP contribution in [0.5, 0.6) is 5.75 Å². The number of ether oxygens (including phenoxy) is 1. The third-order valence-corrected chi connectivity index (χ3v) is 2.30. The Hall–Kier alpha value is -1.51. The lowest BCUT2D eigenvalue weighted by atomic mass is 10.1. The molecule has 3 heteroatoms. The van der Waals surface area contributed by atoms with Crippen molar-refractivity contribution in [2.45, 2.75) is 26.9 Å². The zero-order chi connectivity index (χ0) is 12.3. The Morgan fingerprint density at radius 2 is 1.69 bits per heavy atom. The lowest BCUT2D eigenvalue weighted by Crippen LogP contribution is -2.35. The summed E-state index contributed by atoms with van der Waals surface area (Å²) >= 11 is 0. The van der Waals surface area contributed by atoms with E-state index < -0.39 is 6.10 Å². The minimum Gasteiger partial charge on any atom is -0.481 e. The number of hydrogen-bond donors (Lipinski definition) is 0. The van der Waals surface area contributed by atoms with Crippen molar-refractivity contribution in [3.05, 3.63) is 29.3 Å². The molecule has 1 atom stereocenters. The second kappa shape index (κ2) is 5.01. The summed E-state index contributed by atoms with van der Waals surface area (Å²) in [4.78, 5) is 13.2. The molecular formula is C13H19NO2. The van der Waals surface area contributed by atoms with Crippen LogP contribution < -0.4 is 4.74 Å². The van der Waals surface area contributed by atoms with E-state index in [0.717, 1.165) is 16.9 Å². The molecule has 1 unspecified atom stereocenters. The minimum atomic E-state index is -0.448. The van der Waals surface area contributed by atoms with E-state index in [-0.39, 0.29) is 5.91 Å². The zero-order valence-electron chi connectivity index (χ0n) is 10.6. The van der Waals surface area contributed by atoms with E-state index in [4.69, 9.17) is 4.74 Å². The highest BCUT2D eigenvalue weighted by Crippen LogP contribution is 2.17. The Balaban J connectivity index is 2.76.